The van der Waals surface area contributed by atoms with Gasteiger partial charge in [0.1, 0.15) is 5.75 Å². The van der Waals surface area contributed by atoms with Crippen LogP contribution >= 0.6 is 0 Å². The van der Waals surface area contributed by atoms with E-state index < -0.39 is 0 Å². The maximum Gasteiger partial charge on any atom is 0.119 e. The van der Waals surface area contributed by atoms with Crippen molar-refractivity contribution in [2.75, 3.05) is 12.3 Å². The Kier molecular flexibility index (Phi) is 3.61. The molecule has 0 aliphatic rings. The summed E-state index contributed by atoms with van der Waals surface area (Å²) < 4.78 is 5.66. The minimum Gasteiger partial charge on any atom is -0.494 e. The molecule has 0 atom stereocenters. The Morgan fingerprint density at radius 1 is 1.27 bits per heavy atom. The number of anilines is 1. The molecule has 0 fully saturated rings. The first kappa shape index (κ1) is 11.9. The molecule has 1 aromatic carbocycles. The van der Waals surface area contributed by atoms with E-state index in [2.05, 4.69) is 20.8 Å². The molecule has 0 radical (unpaired) electrons. The van der Waals surface area contributed by atoms with Crippen molar-refractivity contribution in [3.63, 3.8) is 0 Å². The van der Waals surface area contributed by atoms with Gasteiger partial charge in [0.2, 0.25) is 0 Å². The van der Waals surface area contributed by atoms with E-state index in [1.807, 2.05) is 25.1 Å². The molecule has 0 aliphatic heterocycles. The third-order valence-corrected chi connectivity index (χ3v) is 2.36. The smallest absolute Gasteiger partial charge is 0.119 e. The molecular weight excluding hydrogens is 186 g/mol. The fourth-order valence-corrected chi connectivity index (χ4v) is 1.21. The molecule has 2 heteroatoms. The van der Waals surface area contributed by atoms with Crippen LogP contribution in [-0.2, 0) is 0 Å². The number of hydrogen-bond acceptors (Lipinski definition) is 2. The topological polar surface area (TPSA) is 35.2 Å². The van der Waals surface area contributed by atoms with Gasteiger partial charge < -0.3 is 10.5 Å². The van der Waals surface area contributed by atoms with Gasteiger partial charge in [0.25, 0.3) is 0 Å². The quantitative estimate of drug-likeness (QED) is 0.771. The first-order valence-electron chi connectivity index (χ1n) is 5.37. The van der Waals surface area contributed by atoms with Crippen LogP contribution in [0.3, 0.4) is 0 Å². The number of rotatable bonds is 3. The molecule has 2 nitrogen and oxygen atoms in total. The van der Waals surface area contributed by atoms with Crippen molar-refractivity contribution in [2.24, 2.45) is 5.41 Å². The number of ether oxygens (including phenoxy) is 1. The molecule has 0 unspecified atom stereocenters. The second kappa shape index (κ2) is 4.56. The fourth-order valence-electron chi connectivity index (χ4n) is 1.21. The van der Waals surface area contributed by atoms with Gasteiger partial charge >= 0.3 is 0 Å². The summed E-state index contributed by atoms with van der Waals surface area (Å²) in [4.78, 5) is 0. The lowest BCUT2D eigenvalue weighted by Crippen LogP contribution is -2.11. The summed E-state index contributed by atoms with van der Waals surface area (Å²) in [6.07, 6.45) is 1.05. The average Bonchev–Trinajstić information content (AvgIpc) is 2.09. The predicted molar refractivity (Wildman–Crippen MR) is 65.2 cm³/mol. The van der Waals surface area contributed by atoms with Crippen molar-refractivity contribution in [2.45, 2.75) is 34.1 Å². The summed E-state index contributed by atoms with van der Waals surface area (Å²) in [5.41, 5.74) is 7.94. The Hall–Kier alpha value is -1.18. The summed E-state index contributed by atoms with van der Waals surface area (Å²) in [6, 6.07) is 5.80. The largest absolute Gasteiger partial charge is 0.494 e. The van der Waals surface area contributed by atoms with Crippen molar-refractivity contribution >= 4 is 5.69 Å². The highest BCUT2D eigenvalue weighted by atomic mass is 16.5. The van der Waals surface area contributed by atoms with Crippen LogP contribution in [0.4, 0.5) is 5.69 Å². The minimum atomic E-state index is 0.322. The number of nitrogens with two attached hydrogens (primary N) is 1. The molecule has 2 N–H and O–H groups in total. The molecule has 0 saturated carbocycles. The van der Waals surface area contributed by atoms with E-state index in [1.54, 1.807) is 0 Å². The van der Waals surface area contributed by atoms with E-state index in [0.29, 0.717) is 5.41 Å². The van der Waals surface area contributed by atoms with Crippen LogP contribution in [0, 0.1) is 12.3 Å². The third-order valence-electron chi connectivity index (χ3n) is 2.36. The Morgan fingerprint density at radius 3 is 2.47 bits per heavy atom. The number of nitrogen functional groups attached to an aromatic ring is 1. The van der Waals surface area contributed by atoms with Gasteiger partial charge in [-0.15, -0.1) is 0 Å². The van der Waals surface area contributed by atoms with Crippen LogP contribution < -0.4 is 10.5 Å². The monoisotopic (exact) mass is 207 g/mol. The van der Waals surface area contributed by atoms with E-state index in [4.69, 9.17) is 10.5 Å². The maximum atomic E-state index is 5.73. The molecule has 0 saturated heterocycles. The zero-order valence-corrected chi connectivity index (χ0v) is 10.1. The van der Waals surface area contributed by atoms with Gasteiger partial charge in [-0.05, 0) is 42.5 Å². The molecule has 0 aromatic heterocycles. The highest BCUT2D eigenvalue weighted by Crippen LogP contribution is 2.21. The highest BCUT2D eigenvalue weighted by Gasteiger charge is 2.09. The Labute approximate surface area is 92.4 Å². The van der Waals surface area contributed by atoms with E-state index in [-0.39, 0.29) is 0 Å². The Balaban J connectivity index is 2.48. The van der Waals surface area contributed by atoms with Gasteiger partial charge in [0.05, 0.1) is 6.61 Å². The van der Waals surface area contributed by atoms with Crippen molar-refractivity contribution < 1.29 is 4.74 Å². The lowest BCUT2D eigenvalue weighted by Gasteiger charge is -2.18. The second-order valence-corrected chi connectivity index (χ2v) is 5.18. The lowest BCUT2D eigenvalue weighted by atomic mass is 9.93. The zero-order chi connectivity index (χ0) is 11.5. The highest BCUT2D eigenvalue weighted by molar-refractivity contribution is 5.49. The maximum absolute atomic E-state index is 5.73. The zero-order valence-electron chi connectivity index (χ0n) is 10.1. The van der Waals surface area contributed by atoms with E-state index in [0.717, 1.165) is 30.0 Å². The standard InChI is InChI=1S/C13H21NO/c1-10-9-11(5-6-12(10)14)15-8-7-13(2,3)4/h5-6,9H,7-8,14H2,1-4H3. The molecule has 0 amide bonds. The molecule has 1 rings (SSSR count). The summed E-state index contributed by atoms with van der Waals surface area (Å²) in [6.45, 7) is 9.39. The number of aryl methyl sites for hydroxylation is 1. The van der Waals surface area contributed by atoms with Crippen LogP contribution in [0.5, 0.6) is 5.75 Å². The van der Waals surface area contributed by atoms with Gasteiger partial charge in [-0.1, -0.05) is 20.8 Å². The van der Waals surface area contributed by atoms with Crippen LogP contribution in [-0.4, -0.2) is 6.61 Å². The van der Waals surface area contributed by atoms with Gasteiger partial charge in [0, 0.05) is 5.69 Å². The SMILES string of the molecule is Cc1cc(OCCC(C)(C)C)ccc1N. The Morgan fingerprint density at radius 2 is 1.93 bits per heavy atom. The van der Waals surface area contributed by atoms with Crippen molar-refractivity contribution in [3.05, 3.63) is 23.8 Å². The average molecular weight is 207 g/mol. The summed E-state index contributed by atoms with van der Waals surface area (Å²) >= 11 is 0. The molecule has 0 bridgehead atoms. The third kappa shape index (κ3) is 4.24. The minimum absolute atomic E-state index is 0.322. The molecule has 1 aromatic rings. The van der Waals surface area contributed by atoms with E-state index in [9.17, 15) is 0 Å². The van der Waals surface area contributed by atoms with E-state index >= 15 is 0 Å². The van der Waals surface area contributed by atoms with Crippen LogP contribution in [0.15, 0.2) is 18.2 Å². The van der Waals surface area contributed by atoms with Gasteiger partial charge in [-0.2, -0.15) is 0 Å². The first-order chi connectivity index (χ1) is 6.88. The van der Waals surface area contributed by atoms with Gasteiger partial charge in [0.15, 0.2) is 0 Å². The first-order valence-corrected chi connectivity index (χ1v) is 5.37. The molecule has 0 aliphatic carbocycles. The number of hydrogen-bond donors (Lipinski definition) is 1. The van der Waals surface area contributed by atoms with Crippen molar-refractivity contribution in [1.29, 1.82) is 0 Å². The Bertz CT molecular complexity index is 326. The van der Waals surface area contributed by atoms with Crippen LogP contribution in [0.1, 0.15) is 32.8 Å². The summed E-state index contributed by atoms with van der Waals surface area (Å²) in [7, 11) is 0. The molecule has 15 heavy (non-hydrogen) atoms. The fraction of sp³-hybridized carbons (Fsp3) is 0.538. The molecule has 84 valence electrons. The summed E-state index contributed by atoms with van der Waals surface area (Å²) in [5, 5.41) is 0. The second-order valence-electron chi connectivity index (χ2n) is 5.18. The normalized spacial score (nSPS) is 11.5. The van der Waals surface area contributed by atoms with Crippen molar-refractivity contribution in [1.82, 2.24) is 0 Å². The van der Waals surface area contributed by atoms with Crippen LogP contribution in [0.2, 0.25) is 0 Å². The lowest BCUT2D eigenvalue weighted by molar-refractivity contribution is 0.243. The molecule has 0 heterocycles. The summed E-state index contributed by atoms with van der Waals surface area (Å²) in [5.74, 6) is 0.908. The predicted octanol–water partition coefficient (Wildman–Crippen LogP) is 3.39. The molecule has 0 spiro atoms. The van der Waals surface area contributed by atoms with Crippen LogP contribution in [0.25, 0.3) is 0 Å². The van der Waals surface area contributed by atoms with Gasteiger partial charge in [-0.3, -0.25) is 0 Å². The number of benzene rings is 1. The van der Waals surface area contributed by atoms with Gasteiger partial charge in [-0.25, -0.2) is 0 Å². The molecular formula is C13H21NO. The van der Waals surface area contributed by atoms with Crippen molar-refractivity contribution in [3.8, 4) is 5.75 Å². The van der Waals surface area contributed by atoms with E-state index in [1.165, 1.54) is 0 Å².